The molecule has 168 valence electrons. The normalized spacial score (nSPS) is 18.6. The van der Waals surface area contributed by atoms with Crippen molar-refractivity contribution in [3.05, 3.63) is 53.7 Å². The molecule has 1 aliphatic heterocycles. The standard InChI is InChI=1S/C22H23F3N6O/c1-30-20(27-28-29-30)31-9-7-21(8-10-31)12-16(13-21)15-3-2-4-18(11-15)32-19-6-5-17(14-26-19)22(23,24)25/h2-6,11,14,16H,7-10,12-13H2,1H3. The molecule has 32 heavy (non-hydrogen) atoms. The number of benzene rings is 1. The van der Waals surface area contributed by atoms with Gasteiger partial charge in [0, 0.05) is 32.4 Å². The Balaban J connectivity index is 1.19. The summed E-state index contributed by atoms with van der Waals surface area (Å²) >= 11 is 0. The van der Waals surface area contributed by atoms with E-state index in [9.17, 15) is 13.2 Å². The second-order valence-electron chi connectivity index (χ2n) is 8.75. The second-order valence-corrected chi connectivity index (χ2v) is 8.75. The number of halogens is 3. The maximum absolute atomic E-state index is 12.7. The molecular weight excluding hydrogens is 421 g/mol. The summed E-state index contributed by atoms with van der Waals surface area (Å²) in [5.41, 5.74) is 0.763. The molecule has 1 saturated heterocycles. The number of aryl methyl sites for hydroxylation is 1. The lowest BCUT2D eigenvalue weighted by Crippen LogP contribution is -2.47. The quantitative estimate of drug-likeness (QED) is 0.587. The molecule has 3 aromatic rings. The van der Waals surface area contributed by atoms with Crippen molar-refractivity contribution in [2.24, 2.45) is 12.5 Å². The fraction of sp³-hybridized carbons (Fsp3) is 0.455. The third-order valence-corrected chi connectivity index (χ3v) is 6.68. The van der Waals surface area contributed by atoms with Gasteiger partial charge in [-0.1, -0.05) is 17.2 Å². The molecule has 3 heterocycles. The van der Waals surface area contributed by atoms with Crippen LogP contribution in [0.4, 0.5) is 19.1 Å². The number of rotatable bonds is 4. The highest BCUT2D eigenvalue weighted by molar-refractivity contribution is 5.36. The number of hydrogen-bond acceptors (Lipinski definition) is 6. The Labute approximate surface area is 183 Å². The van der Waals surface area contributed by atoms with Gasteiger partial charge in [0.25, 0.3) is 0 Å². The zero-order chi connectivity index (χ0) is 22.3. The van der Waals surface area contributed by atoms with Crippen molar-refractivity contribution in [3.63, 3.8) is 0 Å². The van der Waals surface area contributed by atoms with Gasteiger partial charge in [-0.15, -0.1) is 0 Å². The van der Waals surface area contributed by atoms with Gasteiger partial charge in [-0.3, -0.25) is 0 Å². The number of alkyl halides is 3. The first kappa shape index (κ1) is 20.7. The lowest BCUT2D eigenvalue weighted by Gasteiger charge is -2.52. The topological polar surface area (TPSA) is 69.0 Å². The fourth-order valence-electron chi connectivity index (χ4n) is 4.86. The Morgan fingerprint density at radius 1 is 1.09 bits per heavy atom. The summed E-state index contributed by atoms with van der Waals surface area (Å²) in [6.45, 7) is 1.90. The fourth-order valence-corrected chi connectivity index (χ4v) is 4.86. The lowest BCUT2D eigenvalue weighted by atomic mass is 9.56. The van der Waals surface area contributed by atoms with Crippen molar-refractivity contribution in [1.82, 2.24) is 25.2 Å². The molecule has 0 radical (unpaired) electrons. The number of tetrazole rings is 1. The van der Waals surface area contributed by atoms with Gasteiger partial charge in [0.05, 0.1) is 5.56 Å². The maximum Gasteiger partial charge on any atom is 0.417 e. The van der Waals surface area contributed by atoms with E-state index < -0.39 is 11.7 Å². The van der Waals surface area contributed by atoms with E-state index in [2.05, 4.69) is 31.5 Å². The molecule has 2 aromatic heterocycles. The van der Waals surface area contributed by atoms with Crippen LogP contribution < -0.4 is 9.64 Å². The zero-order valence-corrected chi connectivity index (χ0v) is 17.6. The van der Waals surface area contributed by atoms with Crippen molar-refractivity contribution in [2.45, 2.75) is 37.8 Å². The first-order valence-electron chi connectivity index (χ1n) is 10.6. The molecule has 5 rings (SSSR count). The molecule has 2 aliphatic rings. The summed E-state index contributed by atoms with van der Waals surface area (Å²) in [6.07, 6.45) is 0.856. The summed E-state index contributed by atoms with van der Waals surface area (Å²) in [4.78, 5) is 6.03. The predicted octanol–water partition coefficient (Wildman–Crippen LogP) is 4.58. The number of ether oxygens (including phenoxy) is 1. The molecule has 0 atom stereocenters. The van der Waals surface area contributed by atoms with Crippen molar-refractivity contribution >= 4 is 5.95 Å². The van der Waals surface area contributed by atoms with Crippen LogP contribution in [0.25, 0.3) is 0 Å². The third-order valence-electron chi connectivity index (χ3n) is 6.68. The van der Waals surface area contributed by atoms with E-state index in [-0.39, 0.29) is 5.88 Å². The minimum Gasteiger partial charge on any atom is -0.439 e. The monoisotopic (exact) mass is 444 g/mol. The molecular formula is C22H23F3N6O. The highest BCUT2D eigenvalue weighted by Crippen LogP contribution is 2.57. The Morgan fingerprint density at radius 2 is 1.88 bits per heavy atom. The van der Waals surface area contributed by atoms with Crippen LogP contribution in [0.15, 0.2) is 42.6 Å². The second kappa shape index (κ2) is 7.75. The number of pyridine rings is 1. The van der Waals surface area contributed by atoms with Crippen LogP contribution in [0.1, 0.15) is 42.7 Å². The van der Waals surface area contributed by atoms with Crippen molar-refractivity contribution in [3.8, 4) is 11.6 Å². The zero-order valence-electron chi connectivity index (χ0n) is 17.6. The SMILES string of the molecule is Cn1nnnc1N1CCC2(CC1)CC(c1cccc(Oc3ccc(C(F)(F)F)cn3)c1)C2. The maximum atomic E-state index is 12.7. The predicted molar refractivity (Wildman–Crippen MR) is 110 cm³/mol. The van der Waals surface area contributed by atoms with Crippen molar-refractivity contribution in [1.29, 1.82) is 0 Å². The Hall–Kier alpha value is -3.17. The van der Waals surface area contributed by atoms with E-state index >= 15 is 0 Å². The van der Waals surface area contributed by atoms with Crippen LogP contribution in [0.3, 0.4) is 0 Å². The van der Waals surface area contributed by atoms with Gasteiger partial charge < -0.3 is 9.64 Å². The van der Waals surface area contributed by atoms with Gasteiger partial charge in [-0.25, -0.2) is 9.67 Å². The molecule has 10 heteroatoms. The van der Waals surface area contributed by atoms with E-state index in [1.807, 2.05) is 19.2 Å². The van der Waals surface area contributed by atoms with Gasteiger partial charge >= 0.3 is 6.18 Å². The summed E-state index contributed by atoms with van der Waals surface area (Å²) in [6, 6.07) is 10.00. The summed E-state index contributed by atoms with van der Waals surface area (Å²) in [5.74, 6) is 2.01. The molecule has 7 nitrogen and oxygen atoms in total. The first-order chi connectivity index (χ1) is 15.3. The number of piperidine rings is 1. The molecule has 1 spiro atoms. The van der Waals surface area contributed by atoms with Crippen molar-refractivity contribution < 1.29 is 17.9 Å². The smallest absolute Gasteiger partial charge is 0.417 e. The van der Waals surface area contributed by atoms with Gasteiger partial charge in [-0.2, -0.15) is 13.2 Å². The third kappa shape index (κ3) is 4.01. The molecule has 0 amide bonds. The summed E-state index contributed by atoms with van der Waals surface area (Å²) in [7, 11) is 1.86. The molecule has 1 saturated carbocycles. The molecule has 0 N–H and O–H groups in total. The van der Waals surface area contributed by atoms with Crippen LogP contribution in [-0.2, 0) is 13.2 Å². The number of hydrogen-bond donors (Lipinski definition) is 0. The van der Waals surface area contributed by atoms with Crippen LogP contribution in [-0.4, -0.2) is 38.3 Å². The van der Waals surface area contributed by atoms with E-state index in [1.165, 1.54) is 11.6 Å². The largest absolute Gasteiger partial charge is 0.439 e. The van der Waals surface area contributed by atoms with E-state index in [1.54, 1.807) is 10.7 Å². The molecule has 0 unspecified atom stereocenters. The van der Waals surface area contributed by atoms with Crippen LogP contribution in [0.2, 0.25) is 0 Å². The van der Waals surface area contributed by atoms with Crippen LogP contribution in [0.5, 0.6) is 11.6 Å². The van der Waals surface area contributed by atoms with E-state index in [4.69, 9.17) is 4.74 Å². The molecule has 1 aromatic carbocycles. The van der Waals surface area contributed by atoms with Crippen LogP contribution >= 0.6 is 0 Å². The first-order valence-corrected chi connectivity index (χ1v) is 10.6. The Bertz CT molecular complexity index is 1080. The minimum absolute atomic E-state index is 0.144. The average molecular weight is 444 g/mol. The molecule has 1 aliphatic carbocycles. The number of nitrogens with zero attached hydrogens (tertiary/aromatic N) is 6. The lowest BCUT2D eigenvalue weighted by molar-refractivity contribution is -0.137. The van der Waals surface area contributed by atoms with Gasteiger partial charge in [0.15, 0.2) is 0 Å². The summed E-state index contributed by atoms with van der Waals surface area (Å²) in [5, 5.41) is 11.7. The highest BCUT2D eigenvalue weighted by Gasteiger charge is 2.46. The number of anilines is 1. The summed E-state index contributed by atoms with van der Waals surface area (Å²) < 4.78 is 45.5. The Kier molecular flexibility index (Phi) is 5.02. The van der Waals surface area contributed by atoms with Gasteiger partial charge in [0.2, 0.25) is 11.8 Å². The number of aromatic nitrogens is 5. The highest BCUT2D eigenvalue weighted by atomic mass is 19.4. The minimum atomic E-state index is -4.41. The van der Waals surface area contributed by atoms with Gasteiger partial charge in [-0.05, 0) is 71.2 Å². The molecule has 2 fully saturated rings. The average Bonchev–Trinajstić information content (AvgIpc) is 3.18. The van der Waals surface area contributed by atoms with Crippen molar-refractivity contribution in [2.75, 3.05) is 18.0 Å². The van der Waals surface area contributed by atoms with Crippen LogP contribution in [0, 0.1) is 5.41 Å². The van der Waals surface area contributed by atoms with E-state index in [0.29, 0.717) is 17.1 Å². The van der Waals surface area contributed by atoms with E-state index in [0.717, 1.165) is 57.0 Å². The molecule has 0 bridgehead atoms. The Morgan fingerprint density at radius 3 is 2.50 bits per heavy atom. The van der Waals surface area contributed by atoms with Gasteiger partial charge in [0.1, 0.15) is 5.75 Å².